The van der Waals surface area contributed by atoms with E-state index in [0.717, 1.165) is 16.8 Å². The van der Waals surface area contributed by atoms with Gasteiger partial charge >= 0.3 is 0 Å². The summed E-state index contributed by atoms with van der Waals surface area (Å²) < 4.78 is 8.18. The number of ether oxygens (including phenoxy) is 1. The number of carbonyl (C=O) groups is 2. The number of methoxy groups -OCH3 is 1. The van der Waals surface area contributed by atoms with Crippen molar-refractivity contribution in [3.8, 4) is 11.3 Å². The largest absolute Gasteiger partial charge is 0.383 e. The van der Waals surface area contributed by atoms with Gasteiger partial charge < -0.3 is 15.0 Å². The van der Waals surface area contributed by atoms with Gasteiger partial charge in [-0.3, -0.25) is 18.7 Å². The van der Waals surface area contributed by atoms with E-state index in [4.69, 9.17) is 4.74 Å². The van der Waals surface area contributed by atoms with E-state index in [2.05, 4.69) is 26.4 Å². The van der Waals surface area contributed by atoms with Gasteiger partial charge in [0.05, 0.1) is 24.1 Å². The molecule has 0 aliphatic carbocycles. The van der Waals surface area contributed by atoms with Crippen molar-refractivity contribution in [3.05, 3.63) is 65.7 Å². The Balaban J connectivity index is 1.57. The average Bonchev–Trinajstić information content (AvgIpc) is 3.40. The molecule has 0 saturated carbocycles. The van der Waals surface area contributed by atoms with Crippen molar-refractivity contribution in [1.82, 2.24) is 29.0 Å². The number of hydrogen-bond donors (Lipinski definition) is 1. The molecule has 0 aliphatic rings. The number of nitrogens with zero attached hydrogens (tertiary/aromatic N) is 6. The molecule has 0 fully saturated rings. The second kappa shape index (κ2) is 9.21. The van der Waals surface area contributed by atoms with Crippen LogP contribution in [0.4, 0.5) is 5.82 Å². The number of likely N-dealkylation sites (N-methyl/N-ethyl adjacent to an activating group) is 1. The molecule has 0 aliphatic heterocycles. The molecule has 0 atom stereocenters. The summed E-state index contributed by atoms with van der Waals surface area (Å²) in [5, 5.41) is 6.85. The first-order valence-electron chi connectivity index (χ1n) is 10.4. The Labute approximate surface area is 190 Å². The molecule has 3 heterocycles. The van der Waals surface area contributed by atoms with E-state index >= 15 is 0 Å². The Morgan fingerprint density at radius 2 is 2.03 bits per heavy atom. The standard InChI is InChI=1S/C23H25N7O3/c1-15-6-5-7-16(12-15)18-14-30-9-8-19(27-23(30)25-18)26-21(31)20-17(13-24-29(20)3)22(32)28(2)10-11-33-4/h5-9,12-14H,10-11H2,1-4H3,(H,25,26,27,31). The van der Waals surface area contributed by atoms with Crippen LogP contribution in [0.3, 0.4) is 0 Å². The lowest BCUT2D eigenvalue weighted by Crippen LogP contribution is -2.31. The highest BCUT2D eigenvalue weighted by Gasteiger charge is 2.24. The fourth-order valence-corrected chi connectivity index (χ4v) is 3.46. The van der Waals surface area contributed by atoms with Gasteiger partial charge in [-0.2, -0.15) is 10.1 Å². The Hall–Kier alpha value is -4.05. The van der Waals surface area contributed by atoms with Crippen LogP contribution in [0.1, 0.15) is 26.4 Å². The maximum atomic E-state index is 13.0. The predicted molar refractivity (Wildman–Crippen MR) is 123 cm³/mol. The zero-order valence-electron chi connectivity index (χ0n) is 18.9. The molecule has 0 spiro atoms. The fraction of sp³-hybridized carbons (Fsp3) is 0.261. The molecule has 1 aromatic carbocycles. The fourth-order valence-electron chi connectivity index (χ4n) is 3.46. The summed E-state index contributed by atoms with van der Waals surface area (Å²) in [6.07, 6.45) is 5.05. The van der Waals surface area contributed by atoms with Crippen molar-refractivity contribution >= 4 is 23.4 Å². The number of aromatic nitrogens is 5. The molecule has 10 heteroatoms. The number of imidazole rings is 1. The highest BCUT2D eigenvalue weighted by molar-refractivity contribution is 6.10. The lowest BCUT2D eigenvalue weighted by atomic mass is 10.1. The first-order valence-corrected chi connectivity index (χ1v) is 10.4. The van der Waals surface area contributed by atoms with E-state index in [1.165, 1.54) is 15.8 Å². The number of fused-ring (bicyclic) bond motifs is 1. The van der Waals surface area contributed by atoms with Crippen molar-refractivity contribution in [2.45, 2.75) is 6.92 Å². The molecular weight excluding hydrogens is 422 g/mol. The van der Waals surface area contributed by atoms with Crippen molar-refractivity contribution < 1.29 is 14.3 Å². The Bertz CT molecular complexity index is 1320. The Morgan fingerprint density at radius 1 is 1.21 bits per heavy atom. The first kappa shape index (κ1) is 22.2. The molecule has 2 amide bonds. The van der Waals surface area contributed by atoms with Crippen LogP contribution in [0.2, 0.25) is 0 Å². The van der Waals surface area contributed by atoms with Crippen LogP contribution < -0.4 is 5.32 Å². The normalized spacial score (nSPS) is 11.0. The van der Waals surface area contributed by atoms with Gasteiger partial charge in [0.2, 0.25) is 5.78 Å². The van der Waals surface area contributed by atoms with Gasteiger partial charge in [0.25, 0.3) is 11.8 Å². The minimum absolute atomic E-state index is 0.148. The van der Waals surface area contributed by atoms with E-state index < -0.39 is 5.91 Å². The molecular formula is C23H25N7O3. The van der Waals surface area contributed by atoms with Crippen LogP contribution in [0.25, 0.3) is 17.0 Å². The van der Waals surface area contributed by atoms with Gasteiger partial charge in [0, 0.05) is 45.7 Å². The second-order valence-electron chi connectivity index (χ2n) is 7.72. The van der Waals surface area contributed by atoms with Crippen LogP contribution in [0.15, 0.2) is 48.9 Å². The van der Waals surface area contributed by atoms with E-state index in [-0.39, 0.29) is 17.2 Å². The topological polar surface area (TPSA) is 107 Å². The third-order valence-corrected chi connectivity index (χ3v) is 5.24. The van der Waals surface area contributed by atoms with E-state index in [1.807, 2.05) is 31.3 Å². The van der Waals surface area contributed by atoms with Crippen molar-refractivity contribution in [1.29, 1.82) is 0 Å². The summed E-state index contributed by atoms with van der Waals surface area (Å²) in [7, 11) is 4.82. The van der Waals surface area contributed by atoms with Gasteiger partial charge in [-0.25, -0.2) is 4.98 Å². The number of aryl methyl sites for hydroxylation is 2. The summed E-state index contributed by atoms with van der Waals surface area (Å²) in [4.78, 5) is 36.3. The third-order valence-electron chi connectivity index (χ3n) is 5.24. The van der Waals surface area contributed by atoms with Gasteiger partial charge in [-0.1, -0.05) is 23.8 Å². The number of anilines is 1. The van der Waals surface area contributed by atoms with Crippen LogP contribution >= 0.6 is 0 Å². The Morgan fingerprint density at radius 3 is 2.79 bits per heavy atom. The van der Waals surface area contributed by atoms with Gasteiger partial charge in [0.1, 0.15) is 11.5 Å². The summed E-state index contributed by atoms with van der Waals surface area (Å²) >= 11 is 0. The third kappa shape index (κ3) is 4.60. The number of nitrogens with one attached hydrogen (secondary N) is 1. The monoisotopic (exact) mass is 447 g/mol. The minimum atomic E-state index is -0.485. The molecule has 170 valence electrons. The van der Waals surface area contributed by atoms with E-state index in [0.29, 0.717) is 24.7 Å². The quantitative estimate of drug-likeness (QED) is 0.466. The lowest BCUT2D eigenvalue weighted by molar-refractivity contribution is 0.0740. The summed E-state index contributed by atoms with van der Waals surface area (Å²) in [6, 6.07) is 9.72. The molecule has 0 saturated heterocycles. The first-order chi connectivity index (χ1) is 15.9. The number of hydrogen-bond acceptors (Lipinski definition) is 6. The highest BCUT2D eigenvalue weighted by Crippen LogP contribution is 2.20. The van der Waals surface area contributed by atoms with Crippen molar-refractivity contribution in [3.63, 3.8) is 0 Å². The molecule has 33 heavy (non-hydrogen) atoms. The maximum Gasteiger partial charge on any atom is 0.275 e. The van der Waals surface area contributed by atoms with Crippen LogP contribution in [0.5, 0.6) is 0 Å². The Kier molecular flexibility index (Phi) is 6.18. The molecule has 0 unspecified atom stereocenters. The average molecular weight is 447 g/mol. The molecule has 10 nitrogen and oxygen atoms in total. The molecule has 0 radical (unpaired) electrons. The molecule has 4 rings (SSSR count). The highest BCUT2D eigenvalue weighted by atomic mass is 16.5. The van der Waals surface area contributed by atoms with Gasteiger partial charge in [-0.15, -0.1) is 0 Å². The van der Waals surface area contributed by atoms with Crippen molar-refractivity contribution in [2.24, 2.45) is 7.05 Å². The zero-order valence-corrected chi connectivity index (χ0v) is 18.9. The second-order valence-corrected chi connectivity index (χ2v) is 7.72. The SMILES string of the molecule is COCCN(C)C(=O)c1cnn(C)c1C(=O)Nc1ccn2cc(-c3cccc(C)c3)nc2n1. The zero-order chi connectivity index (χ0) is 23.5. The van der Waals surface area contributed by atoms with Crippen LogP contribution in [-0.2, 0) is 11.8 Å². The summed E-state index contributed by atoms with van der Waals surface area (Å²) in [5.41, 5.74) is 3.27. The number of rotatable bonds is 7. The smallest absolute Gasteiger partial charge is 0.275 e. The maximum absolute atomic E-state index is 13.0. The molecule has 0 bridgehead atoms. The molecule has 1 N–H and O–H groups in total. The molecule has 3 aromatic heterocycles. The van der Waals surface area contributed by atoms with Gasteiger partial charge in [0.15, 0.2) is 0 Å². The number of benzene rings is 1. The molecule has 4 aromatic rings. The van der Waals surface area contributed by atoms with Crippen LogP contribution in [-0.4, -0.2) is 68.2 Å². The lowest BCUT2D eigenvalue weighted by Gasteiger charge is -2.16. The predicted octanol–water partition coefficient (Wildman–Crippen LogP) is 2.41. The summed E-state index contributed by atoms with van der Waals surface area (Å²) in [5.74, 6) is -0.0308. The number of carbonyl (C=O) groups excluding carboxylic acids is 2. The van der Waals surface area contributed by atoms with Crippen LogP contribution in [0, 0.1) is 6.92 Å². The van der Waals surface area contributed by atoms with Crippen molar-refractivity contribution in [2.75, 3.05) is 32.6 Å². The van der Waals surface area contributed by atoms with E-state index in [9.17, 15) is 9.59 Å². The van der Waals surface area contributed by atoms with E-state index in [1.54, 1.807) is 37.9 Å². The minimum Gasteiger partial charge on any atom is -0.383 e. The van der Waals surface area contributed by atoms with Gasteiger partial charge in [-0.05, 0) is 19.1 Å². The number of amides is 2. The summed E-state index contributed by atoms with van der Waals surface area (Å²) in [6.45, 7) is 2.81.